The van der Waals surface area contributed by atoms with Crippen LogP contribution in [0.2, 0.25) is 5.02 Å². The number of hydrogen-bond acceptors (Lipinski definition) is 4. The summed E-state index contributed by atoms with van der Waals surface area (Å²) < 4.78 is 11.6. The number of pyridine rings is 1. The van der Waals surface area contributed by atoms with Crippen molar-refractivity contribution in [2.24, 2.45) is 0 Å². The molecule has 0 atom stereocenters. The number of rotatable bonds is 7. The van der Waals surface area contributed by atoms with Gasteiger partial charge in [-0.25, -0.2) is 9.78 Å². The average Bonchev–Trinajstić information content (AvgIpc) is 2.66. The lowest BCUT2D eigenvalue weighted by Gasteiger charge is -2.15. The van der Waals surface area contributed by atoms with Gasteiger partial charge in [-0.2, -0.15) is 0 Å². The van der Waals surface area contributed by atoms with Crippen molar-refractivity contribution in [3.63, 3.8) is 0 Å². The Kier molecular flexibility index (Phi) is 6.16. The first-order chi connectivity index (χ1) is 13.4. The van der Waals surface area contributed by atoms with Gasteiger partial charge in [0, 0.05) is 10.6 Å². The highest BCUT2D eigenvalue weighted by Crippen LogP contribution is 2.30. The van der Waals surface area contributed by atoms with Crippen molar-refractivity contribution in [3.8, 4) is 22.8 Å². The molecule has 144 valence electrons. The third-order valence-corrected chi connectivity index (χ3v) is 4.14. The first kappa shape index (κ1) is 19.7. The smallest absolute Gasteiger partial charge is 0.337 e. The van der Waals surface area contributed by atoms with Crippen LogP contribution >= 0.6 is 11.6 Å². The van der Waals surface area contributed by atoms with Gasteiger partial charge in [0.1, 0.15) is 18.1 Å². The first-order valence-corrected chi connectivity index (χ1v) is 9.19. The maximum atomic E-state index is 11.6. The largest absolute Gasteiger partial charge is 0.490 e. The van der Waals surface area contributed by atoms with Gasteiger partial charge in [0.25, 0.3) is 0 Å². The van der Waals surface area contributed by atoms with Gasteiger partial charge in [-0.1, -0.05) is 29.8 Å². The number of halogens is 1. The van der Waals surface area contributed by atoms with E-state index in [1.165, 1.54) is 6.07 Å². The minimum Gasteiger partial charge on any atom is -0.490 e. The van der Waals surface area contributed by atoms with E-state index in [-0.39, 0.29) is 18.3 Å². The monoisotopic (exact) mass is 397 g/mol. The van der Waals surface area contributed by atoms with Crippen LogP contribution < -0.4 is 9.47 Å². The summed E-state index contributed by atoms with van der Waals surface area (Å²) in [6.45, 7) is 3.90. The topological polar surface area (TPSA) is 68.7 Å². The molecule has 6 heteroatoms. The van der Waals surface area contributed by atoms with Crippen LogP contribution in [0.3, 0.4) is 0 Å². The van der Waals surface area contributed by atoms with Gasteiger partial charge < -0.3 is 14.6 Å². The van der Waals surface area contributed by atoms with Crippen molar-refractivity contribution in [2.75, 3.05) is 0 Å². The highest BCUT2D eigenvalue weighted by Gasteiger charge is 2.16. The predicted molar refractivity (Wildman–Crippen MR) is 108 cm³/mol. The van der Waals surface area contributed by atoms with Gasteiger partial charge in [0.2, 0.25) is 0 Å². The molecule has 0 spiro atoms. The quantitative estimate of drug-likeness (QED) is 0.572. The van der Waals surface area contributed by atoms with Crippen LogP contribution in [0.1, 0.15) is 29.9 Å². The third-order valence-electron chi connectivity index (χ3n) is 3.90. The van der Waals surface area contributed by atoms with Crippen LogP contribution in [0, 0.1) is 0 Å². The zero-order valence-electron chi connectivity index (χ0n) is 15.6. The summed E-state index contributed by atoms with van der Waals surface area (Å²) in [4.78, 5) is 16.2. The SMILES string of the molecule is CC(C)Oc1ccccc1-c1ccc(C(=O)O)c(COc2cccc(Cl)c2)n1. The molecule has 0 aliphatic heterocycles. The molecule has 3 aromatic rings. The van der Waals surface area contributed by atoms with Gasteiger partial charge in [-0.15, -0.1) is 0 Å². The number of para-hydroxylation sites is 1. The summed E-state index contributed by atoms with van der Waals surface area (Å²) in [6, 6.07) is 17.7. The number of ether oxygens (including phenoxy) is 2. The van der Waals surface area contributed by atoms with Crippen LogP contribution in [0.5, 0.6) is 11.5 Å². The van der Waals surface area contributed by atoms with E-state index in [0.717, 1.165) is 5.56 Å². The van der Waals surface area contributed by atoms with Crippen LogP contribution in [-0.4, -0.2) is 22.2 Å². The van der Waals surface area contributed by atoms with Crippen LogP contribution in [0.4, 0.5) is 0 Å². The fourth-order valence-electron chi connectivity index (χ4n) is 2.70. The molecule has 3 rings (SSSR count). The standard InChI is InChI=1S/C22H20ClNO4/c1-14(2)28-21-9-4-3-8-17(21)19-11-10-18(22(25)26)20(24-19)13-27-16-7-5-6-15(23)12-16/h3-12,14H,13H2,1-2H3,(H,25,26). The van der Waals surface area contributed by atoms with E-state index in [2.05, 4.69) is 4.98 Å². The van der Waals surface area contributed by atoms with Crippen LogP contribution in [0.25, 0.3) is 11.3 Å². The number of carboxylic acid groups (broad SMARTS) is 1. The lowest BCUT2D eigenvalue weighted by molar-refractivity contribution is 0.0693. The molecule has 0 fully saturated rings. The molecule has 0 radical (unpaired) electrons. The lowest BCUT2D eigenvalue weighted by atomic mass is 10.1. The molecule has 0 aliphatic rings. The van der Waals surface area contributed by atoms with E-state index in [9.17, 15) is 9.90 Å². The molecule has 0 amide bonds. The molecule has 0 unspecified atom stereocenters. The van der Waals surface area contributed by atoms with E-state index >= 15 is 0 Å². The lowest BCUT2D eigenvalue weighted by Crippen LogP contribution is -2.10. The Morgan fingerprint density at radius 1 is 1.11 bits per heavy atom. The fourth-order valence-corrected chi connectivity index (χ4v) is 2.88. The molecule has 28 heavy (non-hydrogen) atoms. The van der Waals surface area contributed by atoms with E-state index in [0.29, 0.717) is 27.9 Å². The molecule has 0 saturated heterocycles. The van der Waals surface area contributed by atoms with Crippen molar-refractivity contribution in [3.05, 3.63) is 76.9 Å². The van der Waals surface area contributed by atoms with E-state index in [1.54, 1.807) is 30.3 Å². The summed E-state index contributed by atoms with van der Waals surface area (Å²) in [6.07, 6.45) is 0.00470. The van der Waals surface area contributed by atoms with Crippen molar-refractivity contribution in [1.29, 1.82) is 0 Å². The van der Waals surface area contributed by atoms with Gasteiger partial charge >= 0.3 is 5.97 Å². The van der Waals surface area contributed by atoms with Gasteiger partial charge in [-0.05, 0) is 56.3 Å². The Hall–Kier alpha value is -3.05. The highest BCUT2D eigenvalue weighted by atomic mass is 35.5. The molecule has 0 saturated carbocycles. The number of carboxylic acids is 1. The maximum absolute atomic E-state index is 11.6. The minimum absolute atomic E-state index is 0.00300. The Balaban J connectivity index is 1.95. The second-order valence-electron chi connectivity index (χ2n) is 6.40. The van der Waals surface area contributed by atoms with Gasteiger partial charge in [-0.3, -0.25) is 0 Å². The molecule has 0 bridgehead atoms. The maximum Gasteiger partial charge on any atom is 0.337 e. The first-order valence-electron chi connectivity index (χ1n) is 8.81. The number of hydrogen-bond donors (Lipinski definition) is 1. The number of aromatic carboxylic acids is 1. The molecular weight excluding hydrogens is 378 g/mol. The number of benzene rings is 2. The van der Waals surface area contributed by atoms with E-state index < -0.39 is 5.97 Å². The average molecular weight is 398 g/mol. The van der Waals surface area contributed by atoms with Crippen molar-refractivity contribution in [2.45, 2.75) is 26.6 Å². The molecule has 2 aromatic carbocycles. The van der Waals surface area contributed by atoms with Crippen molar-refractivity contribution >= 4 is 17.6 Å². The van der Waals surface area contributed by atoms with Crippen molar-refractivity contribution in [1.82, 2.24) is 4.98 Å². The summed E-state index contributed by atoms with van der Waals surface area (Å²) >= 11 is 5.97. The van der Waals surface area contributed by atoms with E-state index in [1.807, 2.05) is 38.1 Å². The Morgan fingerprint density at radius 2 is 1.89 bits per heavy atom. The number of carbonyl (C=O) groups is 1. The summed E-state index contributed by atoms with van der Waals surface area (Å²) in [5, 5.41) is 10.0. The molecule has 0 aliphatic carbocycles. The Morgan fingerprint density at radius 3 is 2.61 bits per heavy atom. The van der Waals surface area contributed by atoms with Crippen molar-refractivity contribution < 1.29 is 19.4 Å². The van der Waals surface area contributed by atoms with Crippen LogP contribution in [-0.2, 0) is 6.61 Å². The second-order valence-corrected chi connectivity index (χ2v) is 6.84. The van der Waals surface area contributed by atoms with Gasteiger partial charge in [0.05, 0.1) is 23.1 Å². The Labute approximate surface area is 168 Å². The predicted octanol–water partition coefficient (Wildman–Crippen LogP) is 5.47. The molecule has 1 N–H and O–H groups in total. The molecule has 5 nitrogen and oxygen atoms in total. The third kappa shape index (κ3) is 4.81. The summed E-state index contributed by atoms with van der Waals surface area (Å²) in [7, 11) is 0. The highest BCUT2D eigenvalue weighted by molar-refractivity contribution is 6.30. The zero-order chi connectivity index (χ0) is 20.1. The number of aromatic nitrogens is 1. The summed E-state index contributed by atoms with van der Waals surface area (Å²) in [5.74, 6) is 0.171. The zero-order valence-corrected chi connectivity index (χ0v) is 16.3. The Bertz CT molecular complexity index is 988. The summed E-state index contributed by atoms with van der Waals surface area (Å²) in [5.41, 5.74) is 1.82. The fraction of sp³-hybridized carbons (Fsp3) is 0.182. The second kappa shape index (κ2) is 8.76. The van der Waals surface area contributed by atoms with E-state index in [4.69, 9.17) is 21.1 Å². The van der Waals surface area contributed by atoms with Gasteiger partial charge in [0.15, 0.2) is 0 Å². The van der Waals surface area contributed by atoms with Crippen LogP contribution in [0.15, 0.2) is 60.7 Å². The molecule has 1 aromatic heterocycles. The minimum atomic E-state index is -1.06. The molecule has 1 heterocycles. The number of nitrogens with zero attached hydrogens (tertiary/aromatic N) is 1. The normalized spacial score (nSPS) is 10.7. The molecular formula is C22H20ClNO4.